The molecule has 21 heavy (non-hydrogen) atoms. The quantitative estimate of drug-likeness (QED) is 0.885. The number of thiophene rings is 1. The third-order valence-electron chi connectivity index (χ3n) is 2.93. The summed E-state index contributed by atoms with van der Waals surface area (Å²) in [5.41, 5.74) is 0.539. The van der Waals surface area contributed by atoms with Crippen molar-refractivity contribution in [2.45, 2.75) is 6.42 Å². The molecule has 0 unspecified atom stereocenters. The first-order chi connectivity index (χ1) is 10.1. The van der Waals surface area contributed by atoms with Crippen molar-refractivity contribution in [2.75, 3.05) is 20.8 Å². The van der Waals surface area contributed by atoms with E-state index in [1.807, 2.05) is 12.1 Å². The summed E-state index contributed by atoms with van der Waals surface area (Å²) < 4.78 is 11.1. The van der Waals surface area contributed by atoms with E-state index in [1.165, 1.54) is 11.3 Å². The minimum atomic E-state index is -0.140. The molecular weight excluding hydrogens is 310 g/mol. The lowest BCUT2D eigenvalue weighted by Crippen LogP contribution is -2.25. The van der Waals surface area contributed by atoms with Crippen LogP contribution in [0.25, 0.3) is 0 Å². The van der Waals surface area contributed by atoms with E-state index in [2.05, 4.69) is 5.32 Å². The normalized spacial score (nSPS) is 10.2. The third-order valence-corrected chi connectivity index (χ3v) is 4.22. The Bertz CT molecular complexity index is 627. The monoisotopic (exact) mass is 325 g/mol. The van der Waals surface area contributed by atoms with Crippen LogP contribution in [0.5, 0.6) is 11.5 Å². The summed E-state index contributed by atoms with van der Waals surface area (Å²) in [6.45, 7) is 0.560. The number of amides is 1. The van der Waals surface area contributed by atoms with Gasteiger partial charge in [-0.2, -0.15) is 0 Å². The van der Waals surface area contributed by atoms with Gasteiger partial charge in [-0.1, -0.05) is 11.6 Å². The Morgan fingerprint density at radius 1 is 1.19 bits per heavy atom. The molecule has 0 aliphatic rings. The number of rotatable bonds is 6. The topological polar surface area (TPSA) is 47.6 Å². The molecule has 0 aliphatic carbocycles. The van der Waals surface area contributed by atoms with Crippen LogP contribution >= 0.6 is 22.9 Å². The van der Waals surface area contributed by atoms with Crippen LogP contribution in [0.2, 0.25) is 4.34 Å². The lowest BCUT2D eigenvalue weighted by molar-refractivity contribution is 0.0954. The van der Waals surface area contributed by atoms with Crippen molar-refractivity contribution in [3.63, 3.8) is 0 Å². The molecule has 2 rings (SSSR count). The van der Waals surface area contributed by atoms with Crippen molar-refractivity contribution in [3.8, 4) is 11.5 Å². The second-order valence-corrected chi connectivity index (χ2v) is 6.08. The fourth-order valence-electron chi connectivity index (χ4n) is 1.86. The molecule has 0 atom stereocenters. The van der Waals surface area contributed by atoms with Crippen LogP contribution in [0.4, 0.5) is 0 Å². The van der Waals surface area contributed by atoms with Gasteiger partial charge in [-0.25, -0.2) is 0 Å². The summed E-state index contributed by atoms with van der Waals surface area (Å²) in [5.74, 6) is 0.996. The summed E-state index contributed by atoms with van der Waals surface area (Å²) in [5, 5.41) is 2.87. The first kappa shape index (κ1) is 15.7. The molecule has 0 fully saturated rings. The first-order valence-electron chi connectivity index (χ1n) is 6.38. The Kier molecular flexibility index (Phi) is 5.47. The molecule has 6 heteroatoms. The minimum absolute atomic E-state index is 0.140. The number of hydrogen-bond acceptors (Lipinski definition) is 4. The van der Waals surface area contributed by atoms with Crippen molar-refractivity contribution in [3.05, 3.63) is 45.1 Å². The maximum Gasteiger partial charge on any atom is 0.251 e. The molecule has 1 N–H and O–H groups in total. The Hall–Kier alpha value is -1.72. The van der Waals surface area contributed by atoms with E-state index in [-0.39, 0.29) is 5.91 Å². The maximum atomic E-state index is 12.1. The van der Waals surface area contributed by atoms with Gasteiger partial charge < -0.3 is 14.8 Å². The van der Waals surface area contributed by atoms with Crippen LogP contribution in [0.3, 0.4) is 0 Å². The van der Waals surface area contributed by atoms with Crippen molar-refractivity contribution >= 4 is 28.8 Å². The fourth-order valence-corrected chi connectivity index (χ4v) is 2.95. The SMILES string of the molecule is COc1ccc(C(=O)NCCc2ccc(Cl)s2)cc1OC. The second kappa shape index (κ2) is 7.33. The Morgan fingerprint density at radius 3 is 2.57 bits per heavy atom. The number of nitrogens with one attached hydrogen (secondary N) is 1. The molecule has 0 saturated carbocycles. The standard InChI is InChI=1S/C15H16ClNO3S/c1-19-12-5-3-10(9-13(12)20-2)15(18)17-8-7-11-4-6-14(16)21-11/h3-6,9H,7-8H2,1-2H3,(H,17,18). The zero-order valence-corrected chi connectivity index (χ0v) is 13.4. The summed E-state index contributed by atoms with van der Waals surface area (Å²) in [6.07, 6.45) is 0.760. The average Bonchev–Trinajstić information content (AvgIpc) is 2.91. The molecule has 0 radical (unpaired) electrons. The molecule has 0 bridgehead atoms. The van der Waals surface area contributed by atoms with Crippen LogP contribution in [0.15, 0.2) is 30.3 Å². The Labute approximate surface area is 132 Å². The van der Waals surface area contributed by atoms with E-state index in [0.29, 0.717) is 23.6 Å². The van der Waals surface area contributed by atoms with Crippen LogP contribution in [-0.4, -0.2) is 26.7 Å². The van der Waals surface area contributed by atoms with E-state index >= 15 is 0 Å². The summed E-state index contributed by atoms with van der Waals surface area (Å²) in [7, 11) is 3.10. The highest BCUT2D eigenvalue weighted by Crippen LogP contribution is 2.27. The second-order valence-electron chi connectivity index (χ2n) is 4.28. The van der Waals surface area contributed by atoms with Gasteiger partial charge in [-0.05, 0) is 36.8 Å². The Balaban J connectivity index is 1.93. The number of carbonyl (C=O) groups excluding carboxylic acids is 1. The molecule has 2 aromatic rings. The lowest BCUT2D eigenvalue weighted by atomic mass is 10.2. The average molecular weight is 326 g/mol. The van der Waals surface area contributed by atoms with E-state index < -0.39 is 0 Å². The molecule has 1 heterocycles. The number of benzene rings is 1. The van der Waals surface area contributed by atoms with Gasteiger partial charge in [0.05, 0.1) is 18.6 Å². The summed E-state index contributed by atoms with van der Waals surface area (Å²) >= 11 is 7.39. The predicted octanol–water partition coefficient (Wildman–Crippen LogP) is 3.39. The zero-order valence-electron chi connectivity index (χ0n) is 11.8. The molecule has 1 amide bonds. The van der Waals surface area contributed by atoms with Gasteiger partial charge in [0.1, 0.15) is 0 Å². The largest absolute Gasteiger partial charge is 0.493 e. The van der Waals surface area contributed by atoms with Crippen LogP contribution in [-0.2, 0) is 6.42 Å². The number of carbonyl (C=O) groups is 1. The van der Waals surface area contributed by atoms with Gasteiger partial charge in [-0.15, -0.1) is 11.3 Å². The molecule has 112 valence electrons. The highest BCUT2D eigenvalue weighted by Gasteiger charge is 2.10. The highest BCUT2D eigenvalue weighted by molar-refractivity contribution is 7.16. The molecule has 1 aromatic heterocycles. The number of hydrogen-bond donors (Lipinski definition) is 1. The number of ether oxygens (including phenoxy) is 2. The molecule has 4 nitrogen and oxygen atoms in total. The third kappa shape index (κ3) is 4.12. The van der Waals surface area contributed by atoms with Gasteiger partial charge in [-0.3, -0.25) is 4.79 Å². The van der Waals surface area contributed by atoms with E-state index in [9.17, 15) is 4.79 Å². The number of halogens is 1. The predicted molar refractivity (Wildman–Crippen MR) is 84.9 cm³/mol. The molecule has 1 aromatic carbocycles. The van der Waals surface area contributed by atoms with Crippen LogP contribution in [0, 0.1) is 0 Å². The minimum Gasteiger partial charge on any atom is -0.493 e. The molecule has 0 saturated heterocycles. The smallest absolute Gasteiger partial charge is 0.251 e. The van der Waals surface area contributed by atoms with Gasteiger partial charge in [0, 0.05) is 17.0 Å². The first-order valence-corrected chi connectivity index (χ1v) is 7.58. The van der Waals surface area contributed by atoms with Gasteiger partial charge >= 0.3 is 0 Å². The van der Waals surface area contributed by atoms with E-state index in [0.717, 1.165) is 15.6 Å². The molecule has 0 spiro atoms. The van der Waals surface area contributed by atoms with Gasteiger partial charge in [0.25, 0.3) is 5.91 Å². The zero-order chi connectivity index (χ0) is 15.2. The Morgan fingerprint density at radius 2 is 1.95 bits per heavy atom. The molecular formula is C15H16ClNO3S. The van der Waals surface area contributed by atoms with Crippen LogP contribution in [0.1, 0.15) is 15.2 Å². The summed E-state index contributed by atoms with van der Waals surface area (Å²) in [6, 6.07) is 8.91. The van der Waals surface area contributed by atoms with Crippen molar-refractivity contribution in [1.29, 1.82) is 0 Å². The molecule has 0 aliphatic heterocycles. The van der Waals surface area contributed by atoms with Gasteiger partial charge in [0.2, 0.25) is 0 Å². The van der Waals surface area contributed by atoms with E-state index in [4.69, 9.17) is 21.1 Å². The van der Waals surface area contributed by atoms with Gasteiger partial charge in [0.15, 0.2) is 11.5 Å². The van der Waals surface area contributed by atoms with Crippen LogP contribution < -0.4 is 14.8 Å². The van der Waals surface area contributed by atoms with E-state index in [1.54, 1.807) is 32.4 Å². The maximum absolute atomic E-state index is 12.1. The van der Waals surface area contributed by atoms with Crippen molar-refractivity contribution in [2.24, 2.45) is 0 Å². The lowest BCUT2D eigenvalue weighted by Gasteiger charge is -2.09. The number of methoxy groups -OCH3 is 2. The fraction of sp³-hybridized carbons (Fsp3) is 0.267. The van der Waals surface area contributed by atoms with Crippen molar-refractivity contribution < 1.29 is 14.3 Å². The van der Waals surface area contributed by atoms with Crippen molar-refractivity contribution in [1.82, 2.24) is 5.32 Å². The summed E-state index contributed by atoms with van der Waals surface area (Å²) in [4.78, 5) is 13.2. The highest BCUT2D eigenvalue weighted by atomic mass is 35.5.